The molecule has 1 N–H and O–H groups in total. The molecule has 1 fully saturated rings. The van der Waals surface area contributed by atoms with Gasteiger partial charge in [-0.25, -0.2) is 8.42 Å². The van der Waals surface area contributed by atoms with E-state index in [2.05, 4.69) is 10.2 Å². The fourth-order valence-corrected chi connectivity index (χ4v) is 5.40. The van der Waals surface area contributed by atoms with Crippen LogP contribution in [0.2, 0.25) is 0 Å². The number of amides is 1. The predicted molar refractivity (Wildman–Crippen MR) is 126 cm³/mol. The molecule has 1 heterocycles. The number of hydrogen-bond acceptors (Lipinski definition) is 4. The van der Waals surface area contributed by atoms with E-state index in [9.17, 15) is 13.2 Å². The van der Waals surface area contributed by atoms with Crippen molar-refractivity contribution < 1.29 is 13.2 Å². The second kappa shape index (κ2) is 9.65. The molecule has 0 saturated carbocycles. The van der Waals surface area contributed by atoms with E-state index >= 15 is 0 Å². The number of anilines is 1. The maximum absolute atomic E-state index is 13.3. The van der Waals surface area contributed by atoms with Crippen LogP contribution in [0.3, 0.4) is 0 Å². The third-order valence-electron chi connectivity index (χ3n) is 5.70. The lowest BCUT2D eigenvalue weighted by atomic mass is 10.0. The summed E-state index contributed by atoms with van der Waals surface area (Å²) in [7, 11) is -3.54. The van der Waals surface area contributed by atoms with Gasteiger partial charge in [-0.05, 0) is 36.8 Å². The van der Waals surface area contributed by atoms with Crippen LogP contribution in [0.15, 0.2) is 89.8 Å². The molecule has 1 aliphatic heterocycles. The summed E-state index contributed by atoms with van der Waals surface area (Å²) < 4.78 is 27.4. The maximum atomic E-state index is 13.3. The van der Waals surface area contributed by atoms with Crippen molar-refractivity contribution in [2.24, 2.45) is 0 Å². The van der Waals surface area contributed by atoms with E-state index in [0.29, 0.717) is 31.1 Å². The van der Waals surface area contributed by atoms with Gasteiger partial charge in [0.15, 0.2) is 0 Å². The van der Waals surface area contributed by atoms with E-state index < -0.39 is 16.1 Å². The average molecular weight is 450 g/mol. The Morgan fingerprint density at radius 1 is 0.812 bits per heavy atom. The summed E-state index contributed by atoms with van der Waals surface area (Å²) in [5.74, 6) is -0.126. The number of nitrogens with one attached hydrogen (secondary N) is 1. The van der Waals surface area contributed by atoms with Gasteiger partial charge in [0.1, 0.15) is 6.04 Å². The van der Waals surface area contributed by atoms with Crippen molar-refractivity contribution >= 4 is 21.6 Å². The molecule has 0 aliphatic carbocycles. The van der Waals surface area contributed by atoms with Crippen LogP contribution in [-0.4, -0.2) is 49.7 Å². The van der Waals surface area contributed by atoms with Crippen LogP contribution >= 0.6 is 0 Å². The first-order valence-corrected chi connectivity index (χ1v) is 12.1. The van der Waals surface area contributed by atoms with Crippen molar-refractivity contribution in [3.63, 3.8) is 0 Å². The molecule has 1 atom stereocenters. The molecule has 6 nitrogen and oxygen atoms in total. The van der Waals surface area contributed by atoms with Crippen molar-refractivity contribution in [3.8, 4) is 0 Å². The minimum atomic E-state index is -3.54. The van der Waals surface area contributed by atoms with E-state index in [1.165, 1.54) is 4.31 Å². The van der Waals surface area contributed by atoms with Gasteiger partial charge in [0.25, 0.3) is 0 Å². The first-order chi connectivity index (χ1) is 15.4. The predicted octanol–water partition coefficient (Wildman–Crippen LogP) is 3.68. The third-order valence-corrected chi connectivity index (χ3v) is 7.61. The number of sulfonamides is 1. The number of carbonyl (C=O) groups excluding carboxylic acids is 1. The first kappa shape index (κ1) is 22.2. The van der Waals surface area contributed by atoms with Gasteiger partial charge in [-0.2, -0.15) is 4.31 Å². The summed E-state index contributed by atoms with van der Waals surface area (Å²) >= 11 is 0. The molecule has 4 rings (SSSR count). The lowest BCUT2D eigenvalue weighted by Crippen LogP contribution is -2.51. The molecule has 1 amide bonds. The topological polar surface area (TPSA) is 69.7 Å². The summed E-state index contributed by atoms with van der Waals surface area (Å²) in [5.41, 5.74) is 2.75. The molecule has 3 aromatic rings. The first-order valence-electron chi connectivity index (χ1n) is 10.7. The summed E-state index contributed by atoms with van der Waals surface area (Å²) in [4.78, 5) is 15.7. The number of carbonyl (C=O) groups is 1. The SMILES string of the molecule is Cc1ccc(NC(=O)[C@@H](c2ccccc2)N2CCN(S(=O)(=O)c3ccccc3)CC2)cc1. The van der Waals surface area contributed by atoms with Gasteiger partial charge in [-0.1, -0.05) is 66.2 Å². The Kier molecular flexibility index (Phi) is 6.69. The van der Waals surface area contributed by atoms with Gasteiger partial charge < -0.3 is 5.32 Å². The Balaban J connectivity index is 1.52. The monoisotopic (exact) mass is 449 g/mol. The van der Waals surface area contributed by atoms with Crippen molar-refractivity contribution in [2.45, 2.75) is 17.9 Å². The minimum absolute atomic E-state index is 0.126. The van der Waals surface area contributed by atoms with E-state index in [4.69, 9.17) is 0 Å². The highest BCUT2D eigenvalue weighted by Gasteiger charge is 2.34. The lowest BCUT2D eigenvalue weighted by Gasteiger charge is -2.38. The van der Waals surface area contributed by atoms with Crippen LogP contribution in [0.25, 0.3) is 0 Å². The Morgan fingerprint density at radius 3 is 1.97 bits per heavy atom. The molecule has 0 aromatic heterocycles. The average Bonchev–Trinajstić information content (AvgIpc) is 2.82. The molecule has 3 aromatic carbocycles. The van der Waals surface area contributed by atoms with Crippen molar-refractivity contribution in [3.05, 3.63) is 96.1 Å². The Hall–Kier alpha value is -3.00. The van der Waals surface area contributed by atoms with Crippen molar-refractivity contribution in [2.75, 3.05) is 31.5 Å². The zero-order valence-corrected chi connectivity index (χ0v) is 18.8. The van der Waals surface area contributed by atoms with Crippen LogP contribution < -0.4 is 5.32 Å². The zero-order chi connectivity index (χ0) is 22.6. The molecule has 0 spiro atoms. The van der Waals surface area contributed by atoms with Gasteiger partial charge in [-0.3, -0.25) is 9.69 Å². The van der Waals surface area contributed by atoms with Gasteiger partial charge in [-0.15, -0.1) is 0 Å². The molecule has 1 saturated heterocycles. The summed E-state index contributed by atoms with van der Waals surface area (Å²) in [6.45, 7) is 3.60. The highest BCUT2D eigenvalue weighted by atomic mass is 32.2. The van der Waals surface area contributed by atoms with Crippen molar-refractivity contribution in [1.29, 1.82) is 0 Å². The van der Waals surface area contributed by atoms with Crippen LogP contribution in [-0.2, 0) is 14.8 Å². The summed E-state index contributed by atoms with van der Waals surface area (Å²) in [6.07, 6.45) is 0. The van der Waals surface area contributed by atoms with Crippen LogP contribution in [0.5, 0.6) is 0 Å². The van der Waals surface area contributed by atoms with Gasteiger partial charge in [0.05, 0.1) is 4.90 Å². The Bertz CT molecular complexity index is 1140. The Morgan fingerprint density at radius 2 is 1.38 bits per heavy atom. The summed E-state index contributed by atoms with van der Waals surface area (Å²) in [5, 5.41) is 3.02. The number of benzene rings is 3. The molecule has 166 valence electrons. The van der Waals surface area contributed by atoms with Crippen LogP contribution in [0, 0.1) is 6.92 Å². The standard InChI is InChI=1S/C25H27N3O3S/c1-20-12-14-22(15-13-20)26-25(29)24(21-8-4-2-5-9-21)27-16-18-28(19-17-27)32(30,31)23-10-6-3-7-11-23/h2-15,24H,16-19H2,1H3,(H,26,29)/t24-/m1/s1. The number of rotatable bonds is 6. The number of nitrogens with zero attached hydrogens (tertiary/aromatic N) is 2. The molecule has 0 radical (unpaired) electrons. The minimum Gasteiger partial charge on any atom is -0.324 e. The maximum Gasteiger partial charge on any atom is 0.246 e. The fraction of sp³-hybridized carbons (Fsp3) is 0.240. The highest BCUT2D eigenvalue weighted by molar-refractivity contribution is 7.89. The molecule has 0 bridgehead atoms. The highest BCUT2D eigenvalue weighted by Crippen LogP contribution is 2.26. The fourth-order valence-electron chi connectivity index (χ4n) is 3.95. The molecular weight excluding hydrogens is 422 g/mol. The molecule has 7 heteroatoms. The van der Waals surface area contributed by atoms with E-state index in [1.54, 1.807) is 30.3 Å². The van der Waals surface area contributed by atoms with Crippen LogP contribution in [0.1, 0.15) is 17.2 Å². The lowest BCUT2D eigenvalue weighted by molar-refractivity contribution is -0.122. The zero-order valence-electron chi connectivity index (χ0n) is 18.0. The largest absolute Gasteiger partial charge is 0.324 e. The summed E-state index contributed by atoms with van der Waals surface area (Å²) in [6, 6.07) is 25.3. The number of aryl methyl sites for hydroxylation is 1. The number of hydrogen-bond donors (Lipinski definition) is 1. The third kappa shape index (κ3) is 4.91. The second-order valence-corrected chi connectivity index (χ2v) is 9.86. The molecule has 32 heavy (non-hydrogen) atoms. The number of piperazine rings is 1. The smallest absolute Gasteiger partial charge is 0.246 e. The molecule has 0 unspecified atom stereocenters. The van der Waals surface area contributed by atoms with E-state index in [0.717, 1.165) is 16.8 Å². The van der Waals surface area contributed by atoms with Crippen LogP contribution in [0.4, 0.5) is 5.69 Å². The van der Waals surface area contributed by atoms with E-state index in [1.807, 2.05) is 61.5 Å². The normalized spacial score (nSPS) is 16.4. The molecular formula is C25H27N3O3S. The quantitative estimate of drug-likeness (QED) is 0.623. The molecule has 1 aliphatic rings. The van der Waals surface area contributed by atoms with Crippen molar-refractivity contribution in [1.82, 2.24) is 9.21 Å². The van der Waals surface area contributed by atoms with Gasteiger partial charge >= 0.3 is 0 Å². The van der Waals surface area contributed by atoms with E-state index in [-0.39, 0.29) is 5.91 Å². The second-order valence-electron chi connectivity index (χ2n) is 7.92. The van der Waals surface area contributed by atoms with Gasteiger partial charge in [0.2, 0.25) is 15.9 Å². The van der Waals surface area contributed by atoms with Gasteiger partial charge in [0, 0.05) is 31.9 Å². The Labute approximate surface area is 189 Å².